The van der Waals surface area contributed by atoms with Crippen molar-refractivity contribution in [2.75, 3.05) is 19.0 Å². The average molecular weight is 322 g/mol. The van der Waals surface area contributed by atoms with E-state index in [-0.39, 0.29) is 17.1 Å². The Morgan fingerprint density at radius 3 is 2.55 bits per heavy atom. The molecule has 0 aromatic heterocycles. The minimum atomic E-state index is -1.02. The number of ketones is 1. The summed E-state index contributed by atoms with van der Waals surface area (Å²) in [6.07, 6.45) is 0. The van der Waals surface area contributed by atoms with Gasteiger partial charge in [-0.2, -0.15) is 0 Å². The SMILES string of the molecule is O=C(CSc1ccc2c(c1)OCCO2)c1ccc(F)c(F)c1. The number of ether oxygens (including phenoxy) is 2. The predicted octanol–water partition coefficient (Wildman–Crippen LogP) is 3.71. The summed E-state index contributed by atoms with van der Waals surface area (Å²) in [7, 11) is 0. The minimum Gasteiger partial charge on any atom is -0.486 e. The number of Topliss-reactive ketones (excluding diaryl/α,β-unsaturated/α-hetero) is 1. The Kier molecular flexibility index (Phi) is 4.29. The third-order valence-electron chi connectivity index (χ3n) is 3.13. The molecule has 1 aliphatic rings. The number of benzene rings is 2. The van der Waals surface area contributed by atoms with E-state index in [1.54, 1.807) is 12.1 Å². The first-order chi connectivity index (χ1) is 10.6. The Morgan fingerprint density at radius 1 is 1.00 bits per heavy atom. The van der Waals surface area contributed by atoms with Gasteiger partial charge in [-0.3, -0.25) is 4.79 Å². The molecule has 2 aromatic carbocycles. The summed E-state index contributed by atoms with van der Waals surface area (Å²) in [5, 5.41) is 0. The maximum absolute atomic E-state index is 13.1. The molecule has 22 heavy (non-hydrogen) atoms. The van der Waals surface area contributed by atoms with E-state index in [2.05, 4.69) is 0 Å². The lowest BCUT2D eigenvalue weighted by Crippen LogP contribution is -2.15. The molecule has 0 unspecified atom stereocenters. The second-order valence-electron chi connectivity index (χ2n) is 4.65. The summed E-state index contributed by atoms with van der Waals surface area (Å²) in [6.45, 7) is 1.02. The van der Waals surface area contributed by atoms with Crippen LogP contribution in [-0.4, -0.2) is 24.7 Å². The molecule has 0 atom stereocenters. The van der Waals surface area contributed by atoms with Gasteiger partial charge in [0.1, 0.15) is 13.2 Å². The van der Waals surface area contributed by atoms with Crippen LogP contribution in [0.1, 0.15) is 10.4 Å². The van der Waals surface area contributed by atoms with Crippen molar-refractivity contribution in [3.8, 4) is 11.5 Å². The van der Waals surface area contributed by atoms with Crippen molar-refractivity contribution in [2.24, 2.45) is 0 Å². The van der Waals surface area contributed by atoms with Gasteiger partial charge in [0, 0.05) is 10.5 Å². The summed E-state index contributed by atoms with van der Waals surface area (Å²) in [4.78, 5) is 12.9. The smallest absolute Gasteiger partial charge is 0.173 e. The van der Waals surface area contributed by atoms with E-state index in [4.69, 9.17) is 9.47 Å². The van der Waals surface area contributed by atoms with Crippen LogP contribution >= 0.6 is 11.8 Å². The van der Waals surface area contributed by atoms with Crippen LogP contribution < -0.4 is 9.47 Å². The first-order valence-corrected chi connectivity index (χ1v) is 7.63. The van der Waals surface area contributed by atoms with Gasteiger partial charge in [0.15, 0.2) is 28.9 Å². The summed E-state index contributed by atoms with van der Waals surface area (Å²) in [5.41, 5.74) is 0.156. The highest BCUT2D eigenvalue weighted by molar-refractivity contribution is 8.00. The molecule has 6 heteroatoms. The molecule has 0 bridgehead atoms. The summed E-state index contributed by atoms with van der Waals surface area (Å²) >= 11 is 1.30. The lowest BCUT2D eigenvalue weighted by Gasteiger charge is -2.18. The number of rotatable bonds is 4. The van der Waals surface area contributed by atoms with Crippen LogP contribution in [0.2, 0.25) is 0 Å². The van der Waals surface area contributed by atoms with Crippen molar-refractivity contribution in [2.45, 2.75) is 4.90 Å². The Morgan fingerprint density at radius 2 is 1.77 bits per heavy atom. The van der Waals surface area contributed by atoms with Crippen molar-refractivity contribution in [3.05, 3.63) is 53.6 Å². The van der Waals surface area contributed by atoms with Crippen LogP contribution in [0.4, 0.5) is 8.78 Å². The predicted molar refractivity (Wildman–Crippen MR) is 78.8 cm³/mol. The Bertz CT molecular complexity index is 719. The molecule has 1 aliphatic heterocycles. The van der Waals surface area contributed by atoms with Crippen molar-refractivity contribution in [3.63, 3.8) is 0 Å². The van der Waals surface area contributed by atoms with Gasteiger partial charge in [-0.15, -0.1) is 11.8 Å². The van der Waals surface area contributed by atoms with E-state index in [0.717, 1.165) is 17.0 Å². The highest BCUT2D eigenvalue weighted by Crippen LogP contribution is 2.34. The van der Waals surface area contributed by atoms with Crippen molar-refractivity contribution >= 4 is 17.5 Å². The van der Waals surface area contributed by atoms with Gasteiger partial charge in [0.05, 0.1) is 5.75 Å². The lowest BCUT2D eigenvalue weighted by atomic mass is 10.1. The summed E-state index contributed by atoms with van der Waals surface area (Å²) in [6, 6.07) is 8.58. The van der Waals surface area contributed by atoms with Gasteiger partial charge in [-0.05, 0) is 36.4 Å². The van der Waals surface area contributed by atoms with E-state index < -0.39 is 11.6 Å². The van der Waals surface area contributed by atoms with Crippen LogP contribution in [0.3, 0.4) is 0 Å². The third kappa shape index (κ3) is 3.22. The van der Waals surface area contributed by atoms with Crippen LogP contribution in [0.25, 0.3) is 0 Å². The zero-order valence-corrected chi connectivity index (χ0v) is 12.3. The largest absolute Gasteiger partial charge is 0.486 e. The number of carbonyl (C=O) groups excluding carboxylic acids is 1. The molecule has 2 aromatic rings. The maximum Gasteiger partial charge on any atom is 0.173 e. The fraction of sp³-hybridized carbons (Fsp3) is 0.188. The fourth-order valence-corrected chi connectivity index (χ4v) is 2.83. The Labute approximate surface area is 130 Å². The molecule has 0 spiro atoms. The van der Waals surface area contributed by atoms with Crippen LogP contribution in [0.15, 0.2) is 41.3 Å². The number of fused-ring (bicyclic) bond motifs is 1. The monoisotopic (exact) mass is 322 g/mol. The molecule has 0 N–H and O–H groups in total. The number of carbonyl (C=O) groups is 1. The number of hydrogen-bond acceptors (Lipinski definition) is 4. The fourth-order valence-electron chi connectivity index (χ4n) is 2.02. The van der Waals surface area contributed by atoms with Gasteiger partial charge in [-0.25, -0.2) is 8.78 Å². The van der Waals surface area contributed by atoms with Crippen LogP contribution in [-0.2, 0) is 0 Å². The Hall–Kier alpha value is -2.08. The number of halogens is 2. The van der Waals surface area contributed by atoms with Crippen LogP contribution in [0, 0.1) is 11.6 Å². The lowest BCUT2D eigenvalue weighted by molar-refractivity contribution is 0.102. The van der Waals surface area contributed by atoms with Gasteiger partial charge in [0.25, 0.3) is 0 Å². The normalized spacial score (nSPS) is 13.0. The maximum atomic E-state index is 13.1. The van der Waals surface area contributed by atoms with E-state index >= 15 is 0 Å². The third-order valence-corrected chi connectivity index (χ3v) is 4.12. The second-order valence-corrected chi connectivity index (χ2v) is 5.69. The molecule has 1 heterocycles. The second kappa shape index (κ2) is 6.36. The van der Waals surface area contributed by atoms with E-state index in [1.165, 1.54) is 17.8 Å². The quantitative estimate of drug-likeness (QED) is 0.635. The van der Waals surface area contributed by atoms with E-state index in [9.17, 15) is 13.6 Å². The van der Waals surface area contributed by atoms with Gasteiger partial charge < -0.3 is 9.47 Å². The van der Waals surface area contributed by atoms with Crippen LogP contribution in [0.5, 0.6) is 11.5 Å². The molecule has 0 amide bonds. The molecule has 0 radical (unpaired) electrons. The van der Waals surface area contributed by atoms with E-state index in [1.807, 2.05) is 6.07 Å². The summed E-state index contributed by atoms with van der Waals surface area (Å²) in [5.74, 6) is -0.783. The molecule has 3 nitrogen and oxygen atoms in total. The molecular weight excluding hydrogens is 310 g/mol. The molecule has 3 rings (SSSR count). The number of hydrogen-bond donors (Lipinski definition) is 0. The Balaban J connectivity index is 1.66. The number of thioether (sulfide) groups is 1. The van der Waals surface area contributed by atoms with Crippen molar-refractivity contribution < 1.29 is 23.0 Å². The van der Waals surface area contributed by atoms with Crippen molar-refractivity contribution in [1.82, 2.24) is 0 Å². The zero-order valence-electron chi connectivity index (χ0n) is 11.5. The van der Waals surface area contributed by atoms with E-state index in [0.29, 0.717) is 24.7 Å². The molecule has 0 saturated heterocycles. The zero-order chi connectivity index (χ0) is 15.5. The average Bonchev–Trinajstić information content (AvgIpc) is 2.55. The molecule has 0 saturated carbocycles. The first-order valence-electron chi connectivity index (χ1n) is 6.64. The molecule has 114 valence electrons. The van der Waals surface area contributed by atoms with Gasteiger partial charge in [0.2, 0.25) is 0 Å². The molecule has 0 aliphatic carbocycles. The van der Waals surface area contributed by atoms with Gasteiger partial charge >= 0.3 is 0 Å². The molecule has 0 fully saturated rings. The standard InChI is InChI=1S/C16H12F2O3S/c17-12-3-1-10(7-13(12)18)14(19)9-22-11-2-4-15-16(8-11)21-6-5-20-15/h1-4,7-8H,5-6,9H2. The molecular formula is C16H12F2O3S. The summed E-state index contributed by atoms with van der Waals surface area (Å²) < 4.78 is 36.9. The van der Waals surface area contributed by atoms with Crippen molar-refractivity contribution in [1.29, 1.82) is 0 Å². The highest BCUT2D eigenvalue weighted by Gasteiger charge is 2.14. The first kappa shape index (κ1) is 14.8. The minimum absolute atomic E-state index is 0.130. The topological polar surface area (TPSA) is 35.5 Å². The van der Waals surface area contributed by atoms with Gasteiger partial charge in [-0.1, -0.05) is 0 Å². The highest BCUT2D eigenvalue weighted by atomic mass is 32.2.